The zero-order valence-corrected chi connectivity index (χ0v) is 17.6. The van der Waals surface area contributed by atoms with Crippen LogP contribution in [0.2, 0.25) is 0 Å². The average Bonchev–Trinajstić information content (AvgIpc) is 3.22. The first-order valence-corrected chi connectivity index (χ1v) is 10.5. The summed E-state index contributed by atoms with van der Waals surface area (Å²) in [6, 6.07) is 26.7. The number of carbonyl (C=O) groups is 2. The quantitative estimate of drug-likeness (QED) is 0.597. The van der Waals surface area contributed by atoms with Crippen molar-refractivity contribution in [2.75, 3.05) is 6.54 Å². The van der Waals surface area contributed by atoms with E-state index < -0.39 is 23.7 Å². The third-order valence-corrected chi connectivity index (χ3v) is 5.59. The molecule has 1 saturated heterocycles. The molecule has 164 valence electrons. The molecule has 0 saturated carbocycles. The van der Waals surface area contributed by atoms with Crippen LogP contribution in [0.4, 0.5) is 4.79 Å². The summed E-state index contributed by atoms with van der Waals surface area (Å²) in [5.41, 5.74) is 0.944. The minimum Gasteiger partial charge on any atom is -0.459 e. The van der Waals surface area contributed by atoms with Gasteiger partial charge in [0.2, 0.25) is 0 Å². The molecule has 1 heterocycles. The second kappa shape index (κ2) is 9.66. The number of esters is 1. The SMILES string of the molecule is O=C(OCc1ccccc1)[C@@H]1CC(O)(c2ccccc2)CN1C(=O)OCc1ccccc1. The van der Waals surface area contributed by atoms with Gasteiger partial charge in [0.1, 0.15) is 24.9 Å². The van der Waals surface area contributed by atoms with Crippen molar-refractivity contribution < 1.29 is 24.2 Å². The lowest BCUT2D eigenvalue weighted by Crippen LogP contribution is -2.42. The summed E-state index contributed by atoms with van der Waals surface area (Å²) in [5.74, 6) is -0.572. The van der Waals surface area contributed by atoms with Crippen LogP contribution in [-0.2, 0) is 33.1 Å². The van der Waals surface area contributed by atoms with Gasteiger partial charge < -0.3 is 14.6 Å². The summed E-state index contributed by atoms with van der Waals surface area (Å²) in [6.07, 6.45) is -0.632. The number of β-amino-alcohol motifs (C(OH)–C–C–N with tert-alkyl or cyclic N) is 1. The molecule has 6 nitrogen and oxygen atoms in total. The van der Waals surface area contributed by atoms with E-state index in [1.54, 1.807) is 12.1 Å². The van der Waals surface area contributed by atoms with Gasteiger partial charge in [0.15, 0.2) is 0 Å². The lowest BCUT2D eigenvalue weighted by Gasteiger charge is -2.24. The summed E-state index contributed by atoms with van der Waals surface area (Å²) in [5, 5.41) is 11.3. The Kier molecular flexibility index (Phi) is 6.52. The van der Waals surface area contributed by atoms with Crippen LogP contribution < -0.4 is 0 Å². The van der Waals surface area contributed by atoms with E-state index in [9.17, 15) is 14.7 Å². The van der Waals surface area contributed by atoms with Gasteiger partial charge in [-0.15, -0.1) is 0 Å². The molecule has 3 aromatic rings. The number of nitrogens with zero attached hydrogens (tertiary/aromatic N) is 1. The van der Waals surface area contributed by atoms with E-state index in [0.717, 1.165) is 11.1 Å². The first-order valence-electron chi connectivity index (χ1n) is 10.5. The van der Waals surface area contributed by atoms with Gasteiger partial charge in [-0.1, -0.05) is 91.0 Å². The second-order valence-corrected chi connectivity index (χ2v) is 7.88. The number of hydrogen-bond acceptors (Lipinski definition) is 5. The first kappa shape index (κ1) is 21.6. The molecule has 1 unspecified atom stereocenters. The lowest BCUT2D eigenvalue weighted by atomic mass is 9.91. The van der Waals surface area contributed by atoms with Crippen LogP contribution in [0.1, 0.15) is 23.1 Å². The zero-order chi connectivity index (χ0) is 22.4. The third kappa shape index (κ3) is 4.98. The normalized spacial score (nSPS) is 20.0. The molecule has 6 heteroatoms. The van der Waals surface area contributed by atoms with Crippen LogP contribution in [0.15, 0.2) is 91.0 Å². The molecule has 0 aromatic heterocycles. The molecule has 4 rings (SSSR count). The van der Waals surface area contributed by atoms with Crippen LogP contribution in [0, 0.1) is 0 Å². The van der Waals surface area contributed by atoms with Gasteiger partial charge in [0.25, 0.3) is 0 Å². The number of benzene rings is 3. The van der Waals surface area contributed by atoms with Gasteiger partial charge in [0, 0.05) is 6.42 Å². The smallest absolute Gasteiger partial charge is 0.410 e. The summed E-state index contributed by atoms with van der Waals surface area (Å²) in [6.45, 7) is 0.105. The van der Waals surface area contributed by atoms with Crippen molar-refractivity contribution in [3.05, 3.63) is 108 Å². The Morgan fingerprint density at radius 1 is 0.812 bits per heavy atom. The first-order chi connectivity index (χ1) is 15.5. The molecule has 0 spiro atoms. The van der Waals surface area contributed by atoms with E-state index in [0.29, 0.717) is 5.56 Å². The maximum atomic E-state index is 12.9. The van der Waals surface area contributed by atoms with Crippen molar-refractivity contribution in [1.82, 2.24) is 4.90 Å². The number of rotatable bonds is 6. The maximum absolute atomic E-state index is 12.9. The fraction of sp³-hybridized carbons (Fsp3) is 0.231. The topological polar surface area (TPSA) is 76.1 Å². The Morgan fingerprint density at radius 2 is 1.31 bits per heavy atom. The Bertz CT molecular complexity index is 976. The van der Waals surface area contributed by atoms with Gasteiger partial charge in [-0.05, 0) is 16.7 Å². The van der Waals surface area contributed by atoms with Crippen molar-refractivity contribution in [1.29, 1.82) is 0 Å². The maximum Gasteiger partial charge on any atom is 0.410 e. The number of hydrogen-bond donors (Lipinski definition) is 1. The lowest BCUT2D eigenvalue weighted by molar-refractivity contribution is -0.150. The van der Waals surface area contributed by atoms with E-state index in [1.807, 2.05) is 78.9 Å². The summed E-state index contributed by atoms with van der Waals surface area (Å²) in [4.78, 5) is 27.1. The van der Waals surface area contributed by atoms with Crippen LogP contribution in [0.3, 0.4) is 0 Å². The number of aliphatic hydroxyl groups is 1. The van der Waals surface area contributed by atoms with Gasteiger partial charge in [0.05, 0.1) is 6.54 Å². The highest BCUT2D eigenvalue weighted by molar-refractivity contribution is 5.82. The Morgan fingerprint density at radius 3 is 1.88 bits per heavy atom. The molecular formula is C26H25NO5. The number of likely N-dealkylation sites (tertiary alicyclic amines) is 1. The van der Waals surface area contributed by atoms with Gasteiger partial charge in [-0.25, -0.2) is 9.59 Å². The molecule has 32 heavy (non-hydrogen) atoms. The second-order valence-electron chi connectivity index (χ2n) is 7.88. The van der Waals surface area contributed by atoms with Crippen LogP contribution in [-0.4, -0.2) is 34.7 Å². The number of carbonyl (C=O) groups excluding carboxylic acids is 2. The Balaban J connectivity index is 1.50. The molecule has 0 aliphatic carbocycles. The standard InChI is InChI=1S/C26H25NO5/c28-24(31-17-20-10-4-1-5-11-20)23-16-26(30,22-14-8-3-9-15-22)19-27(23)25(29)32-18-21-12-6-2-7-13-21/h1-15,23,30H,16-19H2/t23-,26?/m0/s1. The summed E-state index contributed by atoms with van der Waals surface area (Å²) in [7, 11) is 0. The third-order valence-electron chi connectivity index (χ3n) is 5.59. The van der Waals surface area contributed by atoms with Crippen LogP contribution >= 0.6 is 0 Å². The van der Waals surface area contributed by atoms with E-state index >= 15 is 0 Å². The molecule has 1 amide bonds. The van der Waals surface area contributed by atoms with Gasteiger partial charge in [-0.2, -0.15) is 0 Å². The van der Waals surface area contributed by atoms with Crippen molar-refractivity contribution in [3.63, 3.8) is 0 Å². The number of ether oxygens (including phenoxy) is 2. The molecule has 0 radical (unpaired) electrons. The highest BCUT2D eigenvalue weighted by Crippen LogP contribution is 2.37. The van der Waals surface area contributed by atoms with Crippen molar-refractivity contribution in [2.45, 2.75) is 31.3 Å². The van der Waals surface area contributed by atoms with E-state index in [1.165, 1.54) is 4.90 Å². The molecule has 1 aliphatic heterocycles. The number of amides is 1. The molecule has 1 N–H and O–H groups in total. The minimum absolute atomic E-state index is 0.0328. The van der Waals surface area contributed by atoms with E-state index in [4.69, 9.17) is 9.47 Å². The highest BCUT2D eigenvalue weighted by Gasteiger charge is 2.50. The molecular weight excluding hydrogens is 406 g/mol. The van der Waals surface area contributed by atoms with Crippen molar-refractivity contribution in [2.24, 2.45) is 0 Å². The fourth-order valence-corrected chi connectivity index (χ4v) is 3.87. The summed E-state index contributed by atoms with van der Waals surface area (Å²) < 4.78 is 10.9. The largest absolute Gasteiger partial charge is 0.459 e. The van der Waals surface area contributed by atoms with Crippen molar-refractivity contribution >= 4 is 12.1 Å². The predicted molar refractivity (Wildman–Crippen MR) is 118 cm³/mol. The van der Waals surface area contributed by atoms with Crippen LogP contribution in [0.5, 0.6) is 0 Å². The van der Waals surface area contributed by atoms with Crippen molar-refractivity contribution in [3.8, 4) is 0 Å². The fourth-order valence-electron chi connectivity index (χ4n) is 3.87. The Labute approximate surface area is 187 Å². The predicted octanol–water partition coefficient (Wildman–Crippen LogP) is 4.03. The molecule has 2 atom stereocenters. The molecule has 3 aromatic carbocycles. The zero-order valence-electron chi connectivity index (χ0n) is 17.6. The van der Waals surface area contributed by atoms with E-state index in [2.05, 4.69) is 0 Å². The highest BCUT2D eigenvalue weighted by atomic mass is 16.6. The van der Waals surface area contributed by atoms with Crippen LogP contribution in [0.25, 0.3) is 0 Å². The monoisotopic (exact) mass is 431 g/mol. The summed E-state index contributed by atoms with van der Waals surface area (Å²) >= 11 is 0. The van der Waals surface area contributed by atoms with Gasteiger partial charge in [-0.3, -0.25) is 4.90 Å². The average molecular weight is 431 g/mol. The Hall–Kier alpha value is -3.64. The minimum atomic E-state index is -1.37. The van der Waals surface area contributed by atoms with Gasteiger partial charge >= 0.3 is 12.1 Å². The van der Waals surface area contributed by atoms with E-state index in [-0.39, 0.29) is 26.2 Å². The molecule has 1 aliphatic rings. The molecule has 0 bridgehead atoms. The molecule has 1 fully saturated rings.